The van der Waals surface area contributed by atoms with Crippen LogP contribution in [0.25, 0.3) is 0 Å². The van der Waals surface area contributed by atoms with Gasteiger partial charge in [0.2, 0.25) is 0 Å². The monoisotopic (exact) mass is 357 g/mol. The molecule has 0 heterocycles. The number of ether oxygens (including phenoxy) is 2. The lowest BCUT2D eigenvalue weighted by Crippen LogP contribution is -2.08. The molecule has 0 aliphatic rings. The Morgan fingerprint density at radius 2 is 1.95 bits per heavy atom. The molecule has 0 spiro atoms. The van der Waals surface area contributed by atoms with Crippen molar-refractivity contribution in [2.45, 2.75) is 13.2 Å². The zero-order valence-electron chi connectivity index (χ0n) is 11.3. The van der Waals surface area contributed by atoms with Crippen LogP contribution in [0.5, 0.6) is 11.5 Å². The maximum atomic E-state index is 12.5. The van der Waals surface area contributed by atoms with Gasteiger partial charge in [-0.25, -0.2) is 0 Å². The van der Waals surface area contributed by atoms with Gasteiger partial charge in [0.15, 0.2) is 11.5 Å². The molecule has 0 bridgehead atoms. The van der Waals surface area contributed by atoms with Crippen LogP contribution in [0.15, 0.2) is 46.9 Å². The van der Waals surface area contributed by atoms with E-state index in [4.69, 9.17) is 4.74 Å². The Morgan fingerprint density at radius 3 is 2.62 bits per heavy atom. The van der Waals surface area contributed by atoms with Gasteiger partial charge < -0.3 is 14.8 Å². The number of benzene rings is 2. The minimum atomic E-state index is -2.90. The molecule has 0 amide bonds. The topological polar surface area (TPSA) is 30.5 Å². The Kier molecular flexibility index (Phi) is 5.38. The zero-order valence-corrected chi connectivity index (χ0v) is 12.9. The third-order valence-electron chi connectivity index (χ3n) is 2.79. The number of halogens is 3. The normalized spacial score (nSPS) is 10.5. The molecule has 0 fully saturated rings. The van der Waals surface area contributed by atoms with Crippen molar-refractivity contribution in [2.75, 3.05) is 12.4 Å². The first-order chi connectivity index (χ1) is 10.1. The predicted molar refractivity (Wildman–Crippen MR) is 81.1 cm³/mol. The fourth-order valence-electron chi connectivity index (χ4n) is 1.88. The molecule has 0 aromatic heterocycles. The summed E-state index contributed by atoms with van der Waals surface area (Å²) in [7, 11) is 1.42. The van der Waals surface area contributed by atoms with Crippen LogP contribution in [0.1, 0.15) is 5.56 Å². The number of methoxy groups -OCH3 is 1. The molecule has 112 valence electrons. The van der Waals surface area contributed by atoms with Gasteiger partial charge in [-0.1, -0.05) is 34.1 Å². The van der Waals surface area contributed by atoms with Crippen LogP contribution in [0.2, 0.25) is 0 Å². The first-order valence-electron chi connectivity index (χ1n) is 6.20. The van der Waals surface area contributed by atoms with Gasteiger partial charge in [0.1, 0.15) is 0 Å². The highest BCUT2D eigenvalue weighted by Gasteiger charge is 2.15. The van der Waals surface area contributed by atoms with Crippen molar-refractivity contribution < 1.29 is 18.3 Å². The summed E-state index contributed by atoms with van der Waals surface area (Å²) in [6.45, 7) is -2.55. The molecule has 2 aromatic rings. The zero-order chi connectivity index (χ0) is 15.2. The van der Waals surface area contributed by atoms with Crippen LogP contribution in [0.4, 0.5) is 14.5 Å². The average Bonchev–Trinajstić information content (AvgIpc) is 2.45. The van der Waals surface area contributed by atoms with Gasteiger partial charge >= 0.3 is 6.61 Å². The maximum Gasteiger partial charge on any atom is 0.387 e. The van der Waals surface area contributed by atoms with Gasteiger partial charge in [-0.05, 0) is 24.3 Å². The molecule has 3 nitrogen and oxygen atoms in total. The molecule has 0 aliphatic heterocycles. The van der Waals surface area contributed by atoms with E-state index < -0.39 is 6.61 Å². The van der Waals surface area contributed by atoms with Crippen molar-refractivity contribution in [3.05, 3.63) is 52.5 Å². The summed E-state index contributed by atoms with van der Waals surface area (Å²) in [5.41, 5.74) is 1.46. The molecule has 0 atom stereocenters. The van der Waals surface area contributed by atoms with E-state index in [1.54, 1.807) is 18.2 Å². The van der Waals surface area contributed by atoms with Crippen LogP contribution in [0.3, 0.4) is 0 Å². The first kappa shape index (κ1) is 15.6. The van der Waals surface area contributed by atoms with E-state index in [9.17, 15) is 8.78 Å². The SMILES string of the molecule is COc1cccc(CNc2cccc(Br)c2)c1OC(F)F. The van der Waals surface area contributed by atoms with Gasteiger partial charge in [0, 0.05) is 22.3 Å². The Hall–Kier alpha value is -1.82. The number of hydrogen-bond acceptors (Lipinski definition) is 3. The van der Waals surface area contributed by atoms with E-state index >= 15 is 0 Å². The fraction of sp³-hybridized carbons (Fsp3) is 0.200. The van der Waals surface area contributed by atoms with Crippen molar-refractivity contribution in [1.82, 2.24) is 0 Å². The lowest BCUT2D eigenvalue weighted by atomic mass is 10.1. The smallest absolute Gasteiger partial charge is 0.387 e. The second-order valence-corrected chi connectivity index (χ2v) is 5.11. The third kappa shape index (κ3) is 4.32. The van der Waals surface area contributed by atoms with Gasteiger partial charge in [-0.15, -0.1) is 0 Å². The van der Waals surface area contributed by atoms with E-state index in [2.05, 4.69) is 26.0 Å². The van der Waals surface area contributed by atoms with Gasteiger partial charge in [0.25, 0.3) is 0 Å². The van der Waals surface area contributed by atoms with Crippen LogP contribution in [-0.2, 0) is 6.54 Å². The van der Waals surface area contributed by atoms with E-state index in [1.807, 2.05) is 24.3 Å². The number of hydrogen-bond donors (Lipinski definition) is 1. The van der Waals surface area contributed by atoms with Crippen molar-refractivity contribution >= 4 is 21.6 Å². The molecule has 0 unspecified atom stereocenters. The lowest BCUT2D eigenvalue weighted by molar-refractivity contribution is -0.0517. The van der Waals surface area contributed by atoms with Gasteiger partial charge in [-0.3, -0.25) is 0 Å². The van der Waals surface area contributed by atoms with Crippen LogP contribution in [0, 0.1) is 0 Å². The van der Waals surface area contributed by atoms with Crippen molar-refractivity contribution in [1.29, 1.82) is 0 Å². The summed E-state index contributed by atoms with van der Waals surface area (Å²) in [5.74, 6) is 0.335. The summed E-state index contributed by atoms with van der Waals surface area (Å²) in [6, 6.07) is 12.6. The van der Waals surface area contributed by atoms with Gasteiger partial charge in [0.05, 0.1) is 7.11 Å². The molecule has 1 N–H and O–H groups in total. The molecular weight excluding hydrogens is 344 g/mol. The summed E-state index contributed by atoms with van der Waals surface area (Å²) in [6.07, 6.45) is 0. The standard InChI is InChI=1S/C15H14BrF2NO2/c1-20-13-7-2-4-10(14(13)21-15(17)18)9-19-12-6-3-5-11(16)8-12/h2-8,15,19H,9H2,1H3. The predicted octanol–water partition coefficient (Wildman–Crippen LogP) is 4.67. The molecule has 0 aliphatic carbocycles. The van der Waals surface area contributed by atoms with Crippen LogP contribution in [-0.4, -0.2) is 13.7 Å². The molecule has 0 saturated carbocycles. The summed E-state index contributed by atoms with van der Waals surface area (Å²) in [5, 5.41) is 3.16. The minimum Gasteiger partial charge on any atom is -0.493 e. The highest BCUT2D eigenvalue weighted by atomic mass is 79.9. The number of rotatable bonds is 6. The molecular formula is C15H14BrF2NO2. The molecule has 0 radical (unpaired) electrons. The number of nitrogens with one attached hydrogen (secondary N) is 1. The second-order valence-electron chi connectivity index (χ2n) is 4.19. The summed E-state index contributed by atoms with van der Waals surface area (Å²) >= 11 is 3.37. The molecule has 21 heavy (non-hydrogen) atoms. The van der Waals surface area contributed by atoms with E-state index in [1.165, 1.54) is 7.11 Å². The van der Waals surface area contributed by atoms with Crippen LogP contribution >= 0.6 is 15.9 Å². The molecule has 0 saturated heterocycles. The minimum absolute atomic E-state index is 0.0532. The summed E-state index contributed by atoms with van der Waals surface area (Å²) in [4.78, 5) is 0. The quantitative estimate of drug-likeness (QED) is 0.814. The average molecular weight is 358 g/mol. The van der Waals surface area contributed by atoms with Crippen molar-refractivity contribution in [2.24, 2.45) is 0 Å². The number of alkyl halides is 2. The number of para-hydroxylation sites is 1. The lowest BCUT2D eigenvalue weighted by Gasteiger charge is -2.15. The third-order valence-corrected chi connectivity index (χ3v) is 3.29. The summed E-state index contributed by atoms with van der Waals surface area (Å²) < 4.78 is 35.6. The first-order valence-corrected chi connectivity index (χ1v) is 6.99. The Balaban J connectivity index is 2.19. The Morgan fingerprint density at radius 1 is 1.19 bits per heavy atom. The molecule has 2 rings (SSSR count). The second kappa shape index (κ2) is 7.26. The van der Waals surface area contributed by atoms with Crippen molar-refractivity contribution in [3.8, 4) is 11.5 Å². The molecule has 2 aromatic carbocycles. The van der Waals surface area contributed by atoms with Crippen molar-refractivity contribution in [3.63, 3.8) is 0 Å². The Bertz CT molecular complexity index is 608. The molecule has 6 heteroatoms. The largest absolute Gasteiger partial charge is 0.493 e. The number of anilines is 1. The maximum absolute atomic E-state index is 12.5. The fourth-order valence-corrected chi connectivity index (χ4v) is 2.28. The van der Waals surface area contributed by atoms with Gasteiger partial charge in [-0.2, -0.15) is 8.78 Å². The van der Waals surface area contributed by atoms with E-state index in [-0.39, 0.29) is 11.5 Å². The highest BCUT2D eigenvalue weighted by molar-refractivity contribution is 9.10. The Labute approximate surface area is 130 Å². The van der Waals surface area contributed by atoms with E-state index in [0.717, 1.165) is 10.2 Å². The van der Waals surface area contributed by atoms with E-state index in [0.29, 0.717) is 12.1 Å². The highest BCUT2D eigenvalue weighted by Crippen LogP contribution is 2.33. The van der Waals surface area contributed by atoms with Crippen LogP contribution < -0.4 is 14.8 Å².